The lowest BCUT2D eigenvalue weighted by atomic mass is 10.0. The molecular formula is C14H7ClF3NS. The number of benzene rings is 1. The standard InChI is InChI=1S/C14H7ClF3NS/c15-13-6-5-12(20-13)7-10(8-19)9-1-3-11(4-2-9)14(16,17)18/h1-7H/b10-7-. The van der Waals surface area contributed by atoms with Crippen LogP contribution in [0.2, 0.25) is 4.34 Å². The van der Waals surface area contributed by atoms with E-state index >= 15 is 0 Å². The Morgan fingerprint density at radius 2 is 1.80 bits per heavy atom. The summed E-state index contributed by atoms with van der Waals surface area (Å²) in [4.78, 5) is 0.770. The van der Waals surface area contributed by atoms with Gasteiger partial charge in [0.2, 0.25) is 0 Å². The van der Waals surface area contributed by atoms with Crippen LogP contribution < -0.4 is 0 Å². The average Bonchev–Trinajstić information content (AvgIpc) is 2.81. The summed E-state index contributed by atoms with van der Waals surface area (Å²) in [5.41, 5.74) is -0.0139. The Kier molecular flexibility index (Phi) is 4.17. The molecule has 0 fully saturated rings. The Balaban J connectivity index is 2.34. The molecule has 0 saturated heterocycles. The van der Waals surface area contributed by atoms with Crippen molar-refractivity contribution in [2.75, 3.05) is 0 Å². The largest absolute Gasteiger partial charge is 0.416 e. The van der Waals surface area contributed by atoms with Gasteiger partial charge in [-0.25, -0.2) is 0 Å². The third-order valence-electron chi connectivity index (χ3n) is 2.52. The first-order valence-corrected chi connectivity index (χ1v) is 6.64. The van der Waals surface area contributed by atoms with Gasteiger partial charge in [0, 0.05) is 4.88 Å². The molecule has 1 aromatic carbocycles. The number of hydrogen-bond donors (Lipinski definition) is 0. The summed E-state index contributed by atoms with van der Waals surface area (Å²) >= 11 is 7.08. The maximum absolute atomic E-state index is 12.5. The van der Waals surface area contributed by atoms with E-state index in [4.69, 9.17) is 16.9 Å². The van der Waals surface area contributed by atoms with Crippen LogP contribution in [0.25, 0.3) is 11.6 Å². The van der Waals surface area contributed by atoms with Gasteiger partial charge in [0.15, 0.2) is 0 Å². The van der Waals surface area contributed by atoms with Crippen LogP contribution >= 0.6 is 22.9 Å². The van der Waals surface area contributed by atoms with Gasteiger partial charge in [0.25, 0.3) is 0 Å². The molecule has 20 heavy (non-hydrogen) atoms. The van der Waals surface area contributed by atoms with Crippen molar-refractivity contribution >= 4 is 34.6 Å². The molecule has 0 amide bonds. The molecule has 1 aromatic heterocycles. The van der Waals surface area contributed by atoms with Gasteiger partial charge in [-0.15, -0.1) is 11.3 Å². The van der Waals surface area contributed by atoms with Crippen LogP contribution in [-0.4, -0.2) is 0 Å². The van der Waals surface area contributed by atoms with Gasteiger partial charge < -0.3 is 0 Å². The molecule has 0 unspecified atom stereocenters. The van der Waals surface area contributed by atoms with Crippen molar-refractivity contribution in [1.29, 1.82) is 5.26 Å². The molecule has 0 radical (unpaired) electrons. The first-order valence-electron chi connectivity index (χ1n) is 5.45. The number of hydrogen-bond acceptors (Lipinski definition) is 2. The zero-order chi connectivity index (χ0) is 14.8. The first kappa shape index (κ1) is 14.6. The van der Waals surface area contributed by atoms with Gasteiger partial charge in [-0.3, -0.25) is 0 Å². The number of halogens is 4. The topological polar surface area (TPSA) is 23.8 Å². The van der Waals surface area contributed by atoms with E-state index in [9.17, 15) is 13.2 Å². The highest BCUT2D eigenvalue weighted by molar-refractivity contribution is 7.17. The van der Waals surface area contributed by atoms with E-state index in [1.54, 1.807) is 18.2 Å². The minimum absolute atomic E-state index is 0.289. The molecule has 0 aliphatic rings. The second-order valence-corrected chi connectivity index (χ2v) is 5.63. The van der Waals surface area contributed by atoms with E-state index in [0.717, 1.165) is 17.0 Å². The Morgan fingerprint density at radius 3 is 2.25 bits per heavy atom. The van der Waals surface area contributed by atoms with E-state index < -0.39 is 11.7 Å². The highest BCUT2D eigenvalue weighted by Crippen LogP contribution is 2.31. The summed E-state index contributed by atoms with van der Waals surface area (Å²) in [6.45, 7) is 0. The summed E-state index contributed by atoms with van der Waals surface area (Å²) < 4.78 is 38.0. The van der Waals surface area contributed by atoms with Crippen molar-refractivity contribution in [3.05, 3.63) is 56.7 Å². The van der Waals surface area contributed by atoms with Gasteiger partial charge in [-0.05, 0) is 35.9 Å². The molecule has 102 valence electrons. The number of allylic oxidation sites excluding steroid dienone is 1. The Morgan fingerprint density at radius 1 is 1.15 bits per heavy atom. The molecule has 0 atom stereocenters. The van der Waals surface area contributed by atoms with Gasteiger partial charge in [0.1, 0.15) is 0 Å². The second-order valence-electron chi connectivity index (χ2n) is 3.89. The lowest BCUT2D eigenvalue weighted by Crippen LogP contribution is -2.04. The van der Waals surface area contributed by atoms with E-state index in [1.165, 1.54) is 23.5 Å². The van der Waals surface area contributed by atoms with Crippen molar-refractivity contribution in [3.8, 4) is 6.07 Å². The number of nitrogens with zero attached hydrogens (tertiary/aromatic N) is 1. The Hall–Kier alpha value is -1.77. The van der Waals surface area contributed by atoms with Crippen molar-refractivity contribution in [2.24, 2.45) is 0 Å². The predicted octanol–water partition coefficient (Wildman–Crippen LogP) is 5.48. The third-order valence-corrected chi connectivity index (χ3v) is 3.70. The normalized spacial score (nSPS) is 12.2. The van der Waals surface area contributed by atoms with Crippen LogP contribution in [0.4, 0.5) is 13.2 Å². The fourth-order valence-electron chi connectivity index (χ4n) is 1.57. The highest BCUT2D eigenvalue weighted by atomic mass is 35.5. The molecule has 0 saturated carbocycles. The molecule has 0 aliphatic carbocycles. The predicted molar refractivity (Wildman–Crippen MR) is 74.3 cm³/mol. The monoisotopic (exact) mass is 313 g/mol. The lowest BCUT2D eigenvalue weighted by Gasteiger charge is -2.07. The maximum atomic E-state index is 12.5. The van der Waals surface area contributed by atoms with E-state index in [2.05, 4.69) is 0 Å². The van der Waals surface area contributed by atoms with Gasteiger partial charge in [0.05, 0.1) is 21.5 Å². The van der Waals surface area contributed by atoms with Crippen LogP contribution in [0, 0.1) is 11.3 Å². The Labute approximate surface area is 122 Å². The molecule has 1 nitrogen and oxygen atoms in total. The molecule has 0 bridgehead atoms. The average molecular weight is 314 g/mol. The van der Waals surface area contributed by atoms with E-state index in [-0.39, 0.29) is 5.57 Å². The lowest BCUT2D eigenvalue weighted by molar-refractivity contribution is -0.137. The third kappa shape index (κ3) is 3.41. The van der Waals surface area contributed by atoms with E-state index in [1.807, 2.05) is 6.07 Å². The van der Waals surface area contributed by atoms with Crippen molar-refractivity contribution in [2.45, 2.75) is 6.18 Å². The summed E-state index contributed by atoms with van der Waals surface area (Å²) in [5, 5.41) is 9.11. The van der Waals surface area contributed by atoms with Crippen LogP contribution in [0.15, 0.2) is 36.4 Å². The summed E-state index contributed by atoms with van der Waals surface area (Å²) in [6.07, 6.45) is -2.78. The SMILES string of the molecule is N#C/C(=C/c1ccc(Cl)s1)c1ccc(C(F)(F)F)cc1. The first-order chi connectivity index (χ1) is 9.40. The molecule has 0 N–H and O–H groups in total. The fraction of sp³-hybridized carbons (Fsp3) is 0.0714. The van der Waals surface area contributed by atoms with Crippen LogP contribution in [0.5, 0.6) is 0 Å². The van der Waals surface area contributed by atoms with Crippen LogP contribution in [0.3, 0.4) is 0 Å². The quantitative estimate of drug-likeness (QED) is 0.673. The van der Waals surface area contributed by atoms with E-state index in [0.29, 0.717) is 9.90 Å². The van der Waals surface area contributed by atoms with Crippen LogP contribution in [0.1, 0.15) is 16.0 Å². The fourth-order valence-corrected chi connectivity index (χ4v) is 2.57. The van der Waals surface area contributed by atoms with Gasteiger partial charge >= 0.3 is 6.18 Å². The molecule has 1 heterocycles. The van der Waals surface area contributed by atoms with Crippen molar-refractivity contribution in [3.63, 3.8) is 0 Å². The number of alkyl halides is 3. The maximum Gasteiger partial charge on any atom is 0.416 e. The molecule has 2 rings (SSSR count). The summed E-state index contributed by atoms with van der Waals surface area (Å²) in [7, 11) is 0. The molecular weight excluding hydrogens is 307 g/mol. The van der Waals surface area contributed by atoms with Gasteiger partial charge in [-0.1, -0.05) is 23.7 Å². The number of nitriles is 1. The highest BCUT2D eigenvalue weighted by Gasteiger charge is 2.30. The smallest absolute Gasteiger partial charge is 0.192 e. The van der Waals surface area contributed by atoms with Gasteiger partial charge in [-0.2, -0.15) is 18.4 Å². The zero-order valence-electron chi connectivity index (χ0n) is 9.91. The second kappa shape index (κ2) is 5.70. The molecule has 0 aliphatic heterocycles. The summed E-state index contributed by atoms with van der Waals surface area (Å²) in [5.74, 6) is 0. The molecule has 6 heteroatoms. The van der Waals surface area contributed by atoms with Crippen molar-refractivity contribution in [1.82, 2.24) is 0 Å². The van der Waals surface area contributed by atoms with Crippen molar-refractivity contribution < 1.29 is 13.2 Å². The minimum atomic E-state index is -4.38. The number of rotatable bonds is 2. The summed E-state index contributed by atoms with van der Waals surface area (Å²) in [6, 6.07) is 9.91. The van der Waals surface area contributed by atoms with Crippen LogP contribution in [-0.2, 0) is 6.18 Å². The zero-order valence-corrected chi connectivity index (χ0v) is 11.5. The minimum Gasteiger partial charge on any atom is -0.192 e. The number of thiophene rings is 1. The Bertz CT molecular complexity index is 678. The molecule has 0 spiro atoms. The molecule has 2 aromatic rings.